The lowest BCUT2D eigenvalue weighted by Gasteiger charge is -2.44. The Labute approximate surface area is 137 Å². The van der Waals surface area contributed by atoms with Crippen LogP contribution in [0, 0.1) is 5.82 Å². The van der Waals surface area contributed by atoms with Gasteiger partial charge in [0.1, 0.15) is 12.4 Å². The van der Waals surface area contributed by atoms with Gasteiger partial charge in [0.2, 0.25) is 5.91 Å². The van der Waals surface area contributed by atoms with E-state index in [0.29, 0.717) is 6.42 Å². The van der Waals surface area contributed by atoms with Crippen LogP contribution < -0.4 is 17.0 Å². The lowest BCUT2D eigenvalue weighted by Crippen LogP contribution is -3.00. The Morgan fingerprint density at radius 3 is 2.48 bits per heavy atom. The molecule has 118 valence electrons. The number of benzene rings is 1. The van der Waals surface area contributed by atoms with E-state index in [1.165, 1.54) is 6.07 Å². The number of piperazine rings is 1. The Bertz CT molecular complexity index is 473. The number of rotatable bonds is 4. The van der Waals surface area contributed by atoms with Gasteiger partial charge in [0, 0.05) is 12.0 Å². The summed E-state index contributed by atoms with van der Waals surface area (Å²) in [5, 5.41) is 0. The second kappa shape index (κ2) is 7.90. The molecule has 1 heterocycles. The van der Waals surface area contributed by atoms with E-state index in [-0.39, 0.29) is 28.7 Å². The molecule has 2 rings (SSSR count). The molecule has 0 bridgehead atoms. The normalized spacial score (nSPS) is 17.2. The fourth-order valence-corrected chi connectivity index (χ4v) is 2.97. The van der Waals surface area contributed by atoms with E-state index < -0.39 is 0 Å². The van der Waals surface area contributed by atoms with Crippen LogP contribution in [0.2, 0.25) is 0 Å². The predicted octanol–water partition coefficient (Wildman–Crippen LogP) is -0.581. The van der Waals surface area contributed by atoms with Crippen LogP contribution in [-0.2, 0) is 11.3 Å². The molecule has 0 saturated carbocycles. The SMILES string of the molecule is CCC(=O)N1CC[N+](CC)(Cc2cccc(F)c2)CC1.[Br-]. The van der Waals surface area contributed by atoms with Crippen molar-refractivity contribution in [2.75, 3.05) is 32.7 Å². The van der Waals surface area contributed by atoms with Crippen molar-refractivity contribution in [2.24, 2.45) is 0 Å². The van der Waals surface area contributed by atoms with Crippen LogP contribution in [0.1, 0.15) is 25.8 Å². The summed E-state index contributed by atoms with van der Waals surface area (Å²) in [4.78, 5) is 13.7. The van der Waals surface area contributed by atoms with Gasteiger partial charge in [-0.05, 0) is 19.1 Å². The molecule has 0 radical (unpaired) electrons. The van der Waals surface area contributed by atoms with Crippen molar-refractivity contribution in [1.29, 1.82) is 0 Å². The zero-order valence-corrected chi connectivity index (χ0v) is 14.4. The number of likely N-dealkylation sites (N-methyl/N-ethyl adjacent to an activating group) is 1. The molecule has 0 aromatic heterocycles. The van der Waals surface area contributed by atoms with Crippen molar-refractivity contribution in [2.45, 2.75) is 26.8 Å². The van der Waals surface area contributed by atoms with Crippen molar-refractivity contribution in [3.8, 4) is 0 Å². The van der Waals surface area contributed by atoms with Crippen molar-refractivity contribution in [3.63, 3.8) is 0 Å². The molecule has 1 amide bonds. The van der Waals surface area contributed by atoms with Crippen LogP contribution in [0.4, 0.5) is 4.39 Å². The van der Waals surface area contributed by atoms with Gasteiger partial charge in [-0.15, -0.1) is 0 Å². The molecule has 1 aliphatic rings. The first-order chi connectivity index (χ1) is 9.58. The lowest BCUT2D eigenvalue weighted by atomic mass is 10.1. The Balaban J connectivity index is 0.00000220. The first kappa shape index (κ1) is 18.1. The first-order valence-corrected chi connectivity index (χ1v) is 7.46. The van der Waals surface area contributed by atoms with E-state index in [0.717, 1.165) is 49.3 Å². The molecule has 0 atom stereocenters. The summed E-state index contributed by atoms with van der Waals surface area (Å²) in [6, 6.07) is 6.87. The summed E-state index contributed by atoms with van der Waals surface area (Å²) in [5.74, 6) is 0.0706. The summed E-state index contributed by atoms with van der Waals surface area (Å²) in [6.45, 7) is 9.50. The minimum Gasteiger partial charge on any atom is -1.00 e. The van der Waals surface area contributed by atoms with Crippen molar-refractivity contribution >= 4 is 5.91 Å². The number of nitrogens with zero attached hydrogens (tertiary/aromatic N) is 2. The fourth-order valence-electron chi connectivity index (χ4n) is 2.97. The lowest BCUT2D eigenvalue weighted by molar-refractivity contribution is -0.942. The third kappa shape index (κ3) is 4.51. The number of carbonyl (C=O) groups is 1. The Morgan fingerprint density at radius 2 is 1.95 bits per heavy atom. The van der Waals surface area contributed by atoms with E-state index in [2.05, 4.69) is 6.92 Å². The number of hydrogen-bond acceptors (Lipinski definition) is 1. The van der Waals surface area contributed by atoms with Gasteiger partial charge in [-0.2, -0.15) is 0 Å². The van der Waals surface area contributed by atoms with E-state index in [1.807, 2.05) is 17.9 Å². The molecule has 3 nitrogen and oxygen atoms in total. The average molecular weight is 359 g/mol. The Kier molecular flexibility index (Phi) is 6.81. The van der Waals surface area contributed by atoms with Gasteiger partial charge in [-0.3, -0.25) is 4.79 Å². The molecule has 1 aromatic rings. The van der Waals surface area contributed by atoms with Gasteiger partial charge in [-0.25, -0.2) is 4.39 Å². The third-order valence-corrected chi connectivity index (χ3v) is 4.42. The van der Waals surface area contributed by atoms with Gasteiger partial charge in [0.05, 0.1) is 32.7 Å². The van der Waals surface area contributed by atoms with Crippen molar-refractivity contribution in [1.82, 2.24) is 4.90 Å². The van der Waals surface area contributed by atoms with E-state index in [1.54, 1.807) is 12.1 Å². The summed E-state index contributed by atoms with van der Waals surface area (Å²) in [5.41, 5.74) is 1.04. The van der Waals surface area contributed by atoms with Gasteiger partial charge >= 0.3 is 0 Å². The van der Waals surface area contributed by atoms with Gasteiger partial charge < -0.3 is 26.4 Å². The maximum absolute atomic E-state index is 13.3. The zero-order valence-electron chi connectivity index (χ0n) is 12.8. The Morgan fingerprint density at radius 1 is 1.29 bits per heavy atom. The van der Waals surface area contributed by atoms with Crippen LogP contribution >= 0.6 is 0 Å². The maximum Gasteiger partial charge on any atom is 0.222 e. The van der Waals surface area contributed by atoms with Crippen LogP contribution in [-0.4, -0.2) is 48.0 Å². The molecule has 0 unspecified atom stereocenters. The maximum atomic E-state index is 13.3. The zero-order chi connectivity index (χ0) is 14.6. The van der Waals surface area contributed by atoms with Crippen molar-refractivity contribution in [3.05, 3.63) is 35.6 Å². The second-order valence-electron chi connectivity index (χ2n) is 5.63. The van der Waals surface area contributed by atoms with E-state index in [4.69, 9.17) is 0 Å². The number of hydrogen-bond donors (Lipinski definition) is 0. The van der Waals surface area contributed by atoms with Crippen LogP contribution in [0.15, 0.2) is 24.3 Å². The highest BCUT2D eigenvalue weighted by molar-refractivity contribution is 5.75. The van der Waals surface area contributed by atoms with Crippen LogP contribution in [0.25, 0.3) is 0 Å². The number of carbonyl (C=O) groups excluding carboxylic acids is 1. The molecule has 0 N–H and O–H groups in total. The molecule has 21 heavy (non-hydrogen) atoms. The summed E-state index contributed by atoms with van der Waals surface area (Å²) >= 11 is 0. The largest absolute Gasteiger partial charge is 1.00 e. The molecule has 1 aromatic carbocycles. The minimum atomic E-state index is -0.170. The van der Waals surface area contributed by atoms with Gasteiger partial charge in [0.15, 0.2) is 0 Å². The average Bonchev–Trinajstić information content (AvgIpc) is 2.47. The monoisotopic (exact) mass is 358 g/mol. The second-order valence-corrected chi connectivity index (χ2v) is 5.63. The molecular formula is C16H24BrFN2O. The van der Waals surface area contributed by atoms with Gasteiger partial charge in [-0.1, -0.05) is 19.1 Å². The third-order valence-electron chi connectivity index (χ3n) is 4.42. The highest BCUT2D eigenvalue weighted by atomic mass is 79.9. The number of quaternary nitrogens is 1. The molecule has 1 saturated heterocycles. The molecule has 1 aliphatic heterocycles. The fraction of sp³-hybridized carbons (Fsp3) is 0.562. The molecule has 1 fully saturated rings. The highest BCUT2D eigenvalue weighted by Crippen LogP contribution is 2.19. The number of amides is 1. The van der Waals surface area contributed by atoms with Crippen LogP contribution in [0.3, 0.4) is 0 Å². The summed E-state index contributed by atoms with van der Waals surface area (Å²) < 4.78 is 14.2. The summed E-state index contributed by atoms with van der Waals surface area (Å²) in [7, 11) is 0. The first-order valence-electron chi connectivity index (χ1n) is 7.46. The highest BCUT2D eigenvalue weighted by Gasteiger charge is 2.32. The predicted molar refractivity (Wildman–Crippen MR) is 77.5 cm³/mol. The van der Waals surface area contributed by atoms with E-state index in [9.17, 15) is 9.18 Å². The number of halogens is 2. The Hall–Kier alpha value is -0.940. The van der Waals surface area contributed by atoms with E-state index >= 15 is 0 Å². The summed E-state index contributed by atoms with van der Waals surface area (Å²) in [6.07, 6.45) is 0.579. The molecule has 0 spiro atoms. The van der Waals surface area contributed by atoms with Gasteiger partial charge in [0.25, 0.3) is 0 Å². The van der Waals surface area contributed by atoms with Crippen LogP contribution in [0.5, 0.6) is 0 Å². The topological polar surface area (TPSA) is 20.3 Å². The molecular weight excluding hydrogens is 335 g/mol. The standard InChI is InChI=1S/C16H24FN2O.BrH/c1-3-16(20)18-8-10-19(4-2,11-9-18)13-14-6-5-7-15(17)12-14;/h5-7,12H,3-4,8-11,13H2,1-2H3;1H/q+1;/p-1. The minimum absolute atomic E-state index is 0. The quantitative estimate of drug-likeness (QED) is 0.659. The van der Waals surface area contributed by atoms with Crippen molar-refractivity contribution < 1.29 is 30.6 Å². The molecule has 0 aliphatic carbocycles. The molecule has 5 heteroatoms. The smallest absolute Gasteiger partial charge is 0.222 e.